The molecule has 1 aliphatic rings. The number of ether oxygens (including phenoxy) is 2. The molecule has 172 valence electrons. The van der Waals surface area contributed by atoms with Gasteiger partial charge in [0.2, 0.25) is 0 Å². The van der Waals surface area contributed by atoms with Crippen molar-refractivity contribution in [2.75, 3.05) is 47.0 Å². The Bertz CT molecular complexity index is 1130. The Balaban J connectivity index is 1.60. The summed E-state index contributed by atoms with van der Waals surface area (Å²) in [6.07, 6.45) is 0. The maximum atomic E-state index is 9.64. The lowest BCUT2D eigenvalue weighted by molar-refractivity contribution is 0.0438. The fourth-order valence-corrected chi connectivity index (χ4v) is 4.92. The van der Waals surface area contributed by atoms with E-state index in [1.165, 1.54) is 17.6 Å². The number of piperazine rings is 1. The van der Waals surface area contributed by atoms with Gasteiger partial charge in [0.1, 0.15) is 11.8 Å². The van der Waals surface area contributed by atoms with Crippen LogP contribution in [-0.4, -0.2) is 51.9 Å². The van der Waals surface area contributed by atoms with E-state index < -0.39 is 0 Å². The highest BCUT2D eigenvalue weighted by atomic mass is 32.2. The molecule has 1 heterocycles. The van der Waals surface area contributed by atoms with E-state index in [1.54, 1.807) is 14.2 Å². The van der Waals surface area contributed by atoms with Crippen LogP contribution in [0, 0.1) is 11.3 Å². The van der Waals surface area contributed by atoms with Crippen molar-refractivity contribution in [2.45, 2.75) is 17.5 Å². The first kappa shape index (κ1) is 23.6. The average Bonchev–Trinajstić information content (AvgIpc) is 2.87. The molecule has 1 saturated heterocycles. The van der Waals surface area contributed by atoms with Gasteiger partial charge in [0, 0.05) is 48.7 Å². The van der Waals surface area contributed by atoms with E-state index in [2.05, 4.69) is 46.6 Å². The number of fused-ring (bicyclic) bond motifs is 1. The molecule has 0 amide bonds. The molecule has 1 fully saturated rings. The fourth-order valence-electron chi connectivity index (χ4n) is 4.41. The molecule has 4 rings (SSSR count). The van der Waals surface area contributed by atoms with Gasteiger partial charge in [-0.1, -0.05) is 36.4 Å². The van der Waals surface area contributed by atoms with E-state index >= 15 is 0 Å². The summed E-state index contributed by atoms with van der Waals surface area (Å²) >= 11 is 1.37. The lowest BCUT2D eigenvalue weighted by Gasteiger charge is -2.35. The molecule has 0 radical (unpaired) electrons. The van der Waals surface area contributed by atoms with Crippen molar-refractivity contribution in [2.24, 2.45) is 0 Å². The molecule has 3 aromatic carbocycles. The van der Waals surface area contributed by atoms with Gasteiger partial charge in [-0.2, -0.15) is 5.26 Å². The molecule has 6 nitrogen and oxygen atoms in total. The van der Waals surface area contributed by atoms with E-state index in [0.29, 0.717) is 24.5 Å². The van der Waals surface area contributed by atoms with Gasteiger partial charge < -0.3 is 19.0 Å². The van der Waals surface area contributed by atoms with Gasteiger partial charge in [-0.15, -0.1) is 0 Å². The molecule has 0 aromatic heterocycles. The van der Waals surface area contributed by atoms with E-state index in [1.807, 2.05) is 24.3 Å². The predicted octanol–water partition coefficient (Wildman–Crippen LogP) is 4.54. The molecule has 0 spiro atoms. The molecule has 0 saturated carbocycles. The Morgan fingerprint density at radius 1 is 1.09 bits per heavy atom. The maximum absolute atomic E-state index is 9.64. The first-order valence-corrected chi connectivity index (χ1v) is 11.8. The molecule has 0 aliphatic carbocycles. The Morgan fingerprint density at radius 3 is 2.67 bits per heavy atom. The molecule has 3 aromatic rings. The third kappa shape index (κ3) is 5.49. The van der Waals surface area contributed by atoms with Crippen LogP contribution in [0.15, 0.2) is 59.5 Å². The second-order valence-electron chi connectivity index (χ2n) is 7.91. The van der Waals surface area contributed by atoms with Crippen LogP contribution in [0.3, 0.4) is 0 Å². The highest BCUT2D eigenvalue weighted by Crippen LogP contribution is 2.33. The largest absolute Gasteiger partial charge is 0.495 e. The SMILES string of the molecule is COSc1cccc(C(COCc2c(OC)c(C#N)cc3ccccc23)N2CCNCC2)c1. The van der Waals surface area contributed by atoms with Crippen LogP contribution in [0.4, 0.5) is 0 Å². The summed E-state index contributed by atoms with van der Waals surface area (Å²) in [5.74, 6) is 0.591. The monoisotopic (exact) mass is 463 g/mol. The number of hydrogen-bond donors (Lipinski definition) is 1. The lowest BCUT2D eigenvalue weighted by atomic mass is 10.00. The van der Waals surface area contributed by atoms with E-state index in [4.69, 9.17) is 13.7 Å². The van der Waals surface area contributed by atoms with Crippen LogP contribution in [0.2, 0.25) is 0 Å². The molecular formula is C26H29N3O3S. The predicted molar refractivity (Wildman–Crippen MR) is 131 cm³/mol. The summed E-state index contributed by atoms with van der Waals surface area (Å²) in [5.41, 5.74) is 2.65. The first-order chi connectivity index (χ1) is 16.2. The highest BCUT2D eigenvalue weighted by Gasteiger charge is 2.23. The standard InChI is InChI=1S/C26H29N3O3S/c1-30-26-21(16-27)14-19-6-3-4-9-23(19)24(26)17-32-18-25(29-12-10-28-11-13-29)20-7-5-8-22(15-20)33-31-2/h3-9,14-15,25,28H,10-13,17-18H2,1-2H3. The summed E-state index contributed by atoms with van der Waals surface area (Å²) < 4.78 is 17.2. The van der Waals surface area contributed by atoms with Gasteiger partial charge >= 0.3 is 0 Å². The fraction of sp³-hybridized carbons (Fsp3) is 0.346. The zero-order chi connectivity index (χ0) is 23.0. The minimum absolute atomic E-state index is 0.126. The van der Waals surface area contributed by atoms with Crippen LogP contribution in [0.1, 0.15) is 22.7 Å². The molecule has 1 unspecified atom stereocenters. The second-order valence-corrected chi connectivity index (χ2v) is 8.88. The number of rotatable bonds is 9. The average molecular weight is 464 g/mol. The summed E-state index contributed by atoms with van der Waals surface area (Å²) in [5, 5.41) is 15.1. The molecule has 1 atom stereocenters. The summed E-state index contributed by atoms with van der Waals surface area (Å²) in [6, 6.07) is 20.8. The zero-order valence-corrected chi connectivity index (χ0v) is 19.9. The van der Waals surface area contributed by atoms with Gasteiger partial charge in [0.15, 0.2) is 0 Å². The Hall–Kier alpha value is -2.60. The number of methoxy groups -OCH3 is 1. The van der Waals surface area contributed by atoms with E-state index in [9.17, 15) is 5.26 Å². The Labute approximate surface area is 199 Å². The number of benzene rings is 3. The van der Waals surface area contributed by atoms with E-state index in [-0.39, 0.29) is 6.04 Å². The quantitative estimate of drug-likeness (QED) is 0.468. The maximum Gasteiger partial charge on any atom is 0.142 e. The van der Waals surface area contributed by atoms with Crippen LogP contribution in [0.25, 0.3) is 10.8 Å². The van der Waals surface area contributed by atoms with Gasteiger partial charge in [-0.05, 0) is 34.5 Å². The molecular weight excluding hydrogens is 434 g/mol. The third-order valence-corrected chi connectivity index (χ3v) is 6.58. The van der Waals surface area contributed by atoms with Crippen molar-refractivity contribution in [3.8, 4) is 11.8 Å². The number of hydrogen-bond acceptors (Lipinski definition) is 7. The van der Waals surface area contributed by atoms with Crippen molar-refractivity contribution in [3.05, 3.63) is 71.3 Å². The van der Waals surface area contributed by atoms with Crippen LogP contribution >= 0.6 is 12.0 Å². The minimum Gasteiger partial charge on any atom is -0.495 e. The first-order valence-electron chi connectivity index (χ1n) is 11.1. The lowest BCUT2D eigenvalue weighted by Crippen LogP contribution is -2.46. The Kier molecular flexibility index (Phi) is 8.21. The summed E-state index contributed by atoms with van der Waals surface area (Å²) in [4.78, 5) is 3.54. The van der Waals surface area contributed by atoms with E-state index in [0.717, 1.165) is 47.4 Å². The molecule has 1 N–H and O–H groups in total. The van der Waals surface area contributed by atoms with Gasteiger partial charge in [-0.3, -0.25) is 4.90 Å². The molecule has 7 heteroatoms. The van der Waals surface area contributed by atoms with Crippen molar-refractivity contribution in [1.82, 2.24) is 10.2 Å². The smallest absolute Gasteiger partial charge is 0.142 e. The number of nitrogens with zero attached hydrogens (tertiary/aromatic N) is 2. The van der Waals surface area contributed by atoms with Crippen LogP contribution < -0.4 is 10.1 Å². The van der Waals surface area contributed by atoms with Crippen molar-refractivity contribution in [3.63, 3.8) is 0 Å². The normalized spacial score (nSPS) is 15.3. The van der Waals surface area contributed by atoms with Crippen LogP contribution in [0.5, 0.6) is 5.75 Å². The third-order valence-electron chi connectivity index (χ3n) is 5.97. The molecule has 1 aliphatic heterocycles. The highest BCUT2D eigenvalue weighted by molar-refractivity contribution is 7.94. The van der Waals surface area contributed by atoms with Crippen molar-refractivity contribution in [1.29, 1.82) is 5.26 Å². The summed E-state index contributed by atoms with van der Waals surface area (Å²) in [6.45, 7) is 4.76. The van der Waals surface area contributed by atoms with Crippen molar-refractivity contribution < 1.29 is 13.7 Å². The topological polar surface area (TPSA) is 66.8 Å². The molecule has 0 bridgehead atoms. The van der Waals surface area contributed by atoms with Crippen LogP contribution in [-0.2, 0) is 15.5 Å². The number of nitriles is 1. The Morgan fingerprint density at radius 2 is 1.91 bits per heavy atom. The van der Waals surface area contributed by atoms with Gasteiger partial charge in [0.05, 0.1) is 39.0 Å². The zero-order valence-electron chi connectivity index (χ0n) is 19.0. The second kappa shape index (κ2) is 11.5. The van der Waals surface area contributed by atoms with Gasteiger partial charge in [0.25, 0.3) is 0 Å². The molecule has 33 heavy (non-hydrogen) atoms. The number of nitrogens with one attached hydrogen (secondary N) is 1. The minimum atomic E-state index is 0.126. The van der Waals surface area contributed by atoms with Gasteiger partial charge in [-0.25, -0.2) is 0 Å². The summed E-state index contributed by atoms with van der Waals surface area (Å²) in [7, 11) is 3.29. The van der Waals surface area contributed by atoms with Crippen molar-refractivity contribution >= 4 is 22.8 Å².